The standard InChI is InChI=1S/C8H17NOS.C2HF3O2/c1-6(2)8(10)7(9)4-5-11-3;3-2(4,5)1(6)7/h6-7H,4-5,9H2,1-3H3;(H,6,7)/t7-;/m0./s1. The minimum Gasteiger partial charge on any atom is -0.475 e. The Balaban J connectivity index is 0. The highest BCUT2D eigenvalue weighted by Crippen LogP contribution is 2.13. The minimum absolute atomic E-state index is 0.0758. The van der Waals surface area contributed by atoms with Crippen LogP contribution in [0.25, 0.3) is 0 Å². The number of nitrogens with two attached hydrogens (primary N) is 1. The van der Waals surface area contributed by atoms with Crippen molar-refractivity contribution in [3.8, 4) is 0 Å². The highest BCUT2D eigenvalue weighted by molar-refractivity contribution is 7.98. The van der Waals surface area contributed by atoms with E-state index in [0.717, 1.165) is 12.2 Å². The fourth-order valence-electron chi connectivity index (χ4n) is 0.815. The van der Waals surface area contributed by atoms with Crippen LogP contribution in [0.15, 0.2) is 0 Å². The average Bonchev–Trinajstić information content (AvgIpc) is 2.24. The van der Waals surface area contributed by atoms with E-state index in [1.165, 1.54) is 0 Å². The molecule has 18 heavy (non-hydrogen) atoms. The molecule has 0 amide bonds. The Hall–Kier alpha value is -0.760. The van der Waals surface area contributed by atoms with Crippen LogP contribution in [0.3, 0.4) is 0 Å². The first-order chi connectivity index (χ1) is 8.03. The van der Waals surface area contributed by atoms with Gasteiger partial charge in [-0.3, -0.25) is 4.79 Å². The Bertz CT molecular complexity index is 270. The topological polar surface area (TPSA) is 80.4 Å². The maximum absolute atomic E-state index is 11.2. The van der Waals surface area contributed by atoms with Crippen LogP contribution in [0.5, 0.6) is 0 Å². The molecule has 0 aromatic heterocycles. The largest absolute Gasteiger partial charge is 0.490 e. The molecule has 108 valence electrons. The number of carbonyl (C=O) groups is 2. The van der Waals surface area contributed by atoms with Crippen LogP contribution in [0, 0.1) is 5.92 Å². The molecule has 0 heterocycles. The predicted molar refractivity (Wildman–Crippen MR) is 64.5 cm³/mol. The number of hydrogen-bond donors (Lipinski definition) is 2. The van der Waals surface area contributed by atoms with Crippen molar-refractivity contribution in [3.05, 3.63) is 0 Å². The Morgan fingerprint density at radius 3 is 1.94 bits per heavy atom. The zero-order valence-corrected chi connectivity index (χ0v) is 11.3. The third kappa shape index (κ3) is 10.4. The summed E-state index contributed by atoms with van der Waals surface area (Å²) in [6, 6.07) is -0.248. The van der Waals surface area contributed by atoms with Gasteiger partial charge >= 0.3 is 12.1 Å². The van der Waals surface area contributed by atoms with E-state index in [2.05, 4.69) is 0 Å². The molecular weight excluding hydrogens is 271 g/mol. The summed E-state index contributed by atoms with van der Waals surface area (Å²) >= 11 is 1.73. The van der Waals surface area contributed by atoms with Crippen LogP contribution >= 0.6 is 11.8 Å². The first-order valence-corrected chi connectivity index (χ1v) is 6.51. The lowest BCUT2D eigenvalue weighted by Crippen LogP contribution is -2.34. The molecule has 0 fully saturated rings. The van der Waals surface area contributed by atoms with Crippen molar-refractivity contribution >= 4 is 23.5 Å². The number of carboxylic acid groups (broad SMARTS) is 1. The number of carboxylic acids is 1. The van der Waals surface area contributed by atoms with Gasteiger partial charge in [0.2, 0.25) is 0 Å². The Morgan fingerprint density at radius 2 is 1.72 bits per heavy atom. The van der Waals surface area contributed by atoms with E-state index in [9.17, 15) is 18.0 Å². The zero-order chi connectivity index (χ0) is 14.9. The van der Waals surface area contributed by atoms with Crippen molar-refractivity contribution in [3.63, 3.8) is 0 Å². The zero-order valence-electron chi connectivity index (χ0n) is 10.5. The van der Waals surface area contributed by atoms with Gasteiger partial charge in [0.1, 0.15) is 0 Å². The molecular formula is C10H18F3NO3S. The molecule has 0 aromatic carbocycles. The van der Waals surface area contributed by atoms with Crippen LogP contribution < -0.4 is 5.73 Å². The number of aliphatic carboxylic acids is 1. The highest BCUT2D eigenvalue weighted by Gasteiger charge is 2.38. The molecule has 1 atom stereocenters. The van der Waals surface area contributed by atoms with Crippen LogP contribution in [-0.4, -0.2) is 41.1 Å². The fraction of sp³-hybridized carbons (Fsp3) is 0.800. The summed E-state index contributed by atoms with van der Waals surface area (Å²) in [6.45, 7) is 3.78. The van der Waals surface area contributed by atoms with Gasteiger partial charge < -0.3 is 10.8 Å². The second-order valence-corrected chi connectivity index (χ2v) is 4.73. The lowest BCUT2D eigenvalue weighted by atomic mass is 10.0. The number of Topliss-reactive ketones (excluding diaryl/α,β-unsaturated/α-hetero) is 1. The number of ketones is 1. The van der Waals surface area contributed by atoms with E-state index in [1.54, 1.807) is 11.8 Å². The second kappa shape index (κ2) is 9.21. The molecule has 3 N–H and O–H groups in total. The molecule has 0 aliphatic heterocycles. The van der Waals surface area contributed by atoms with Crippen LogP contribution in [0.2, 0.25) is 0 Å². The van der Waals surface area contributed by atoms with Crippen LogP contribution in [0.4, 0.5) is 13.2 Å². The van der Waals surface area contributed by atoms with E-state index in [4.69, 9.17) is 15.6 Å². The van der Waals surface area contributed by atoms with Gasteiger partial charge in [0.05, 0.1) is 6.04 Å². The van der Waals surface area contributed by atoms with Gasteiger partial charge in [0.25, 0.3) is 0 Å². The number of alkyl halides is 3. The fourth-order valence-corrected chi connectivity index (χ4v) is 1.30. The van der Waals surface area contributed by atoms with E-state index < -0.39 is 12.1 Å². The van der Waals surface area contributed by atoms with Crippen molar-refractivity contribution in [2.45, 2.75) is 32.5 Å². The quantitative estimate of drug-likeness (QED) is 0.808. The number of thioether (sulfide) groups is 1. The molecule has 0 spiro atoms. The van der Waals surface area contributed by atoms with Gasteiger partial charge in [0, 0.05) is 5.92 Å². The maximum Gasteiger partial charge on any atom is 0.490 e. The molecule has 0 radical (unpaired) electrons. The summed E-state index contributed by atoms with van der Waals surface area (Å²) in [7, 11) is 0. The third-order valence-electron chi connectivity index (χ3n) is 1.81. The summed E-state index contributed by atoms with van der Waals surface area (Å²) in [5, 5.41) is 7.12. The average molecular weight is 289 g/mol. The smallest absolute Gasteiger partial charge is 0.475 e. The lowest BCUT2D eigenvalue weighted by molar-refractivity contribution is -0.192. The third-order valence-corrected chi connectivity index (χ3v) is 2.45. The molecule has 0 rings (SSSR count). The molecule has 0 aromatic rings. The molecule has 0 saturated heterocycles. The summed E-state index contributed by atoms with van der Waals surface area (Å²) < 4.78 is 31.7. The number of carbonyl (C=O) groups excluding carboxylic acids is 1. The molecule has 0 aliphatic carbocycles. The van der Waals surface area contributed by atoms with Crippen molar-refractivity contribution in [2.24, 2.45) is 11.7 Å². The normalized spacial score (nSPS) is 12.7. The Kier molecular flexibility index (Phi) is 10.0. The number of rotatable bonds is 5. The van der Waals surface area contributed by atoms with E-state index in [1.807, 2.05) is 20.1 Å². The molecule has 0 bridgehead atoms. The van der Waals surface area contributed by atoms with Gasteiger partial charge in [-0.15, -0.1) is 0 Å². The highest BCUT2D eigenvalue weighted by atomic mass is 32.2. The molecule has 0 saturated carbocycles. The molecule has 0 unspecified atom stereocenters. The lowest BCUT2D eigenvalue weighted by Gasteiger charge is -2.11. The van der Waals surface area contributed by atoms with Crippen molar-refractivity contribution < 1.29 is 27.9 Å². The summed E-state index contributed by atoms with van der Waals surface area (Å²) in [5.74, 6) is -1.53. The first kappa shape index (κ1) is 19.6. The first-order valence-electron chi connectivity index (χ1n) is 5.12. The molecule has 4 nitrogen and oxygen atoms in total. The molecule has 8 heteroatoms. The van der Waals surface area contributed by atoms with Crippen molar-refractivity contribution in [2.75, 3.05) is 12.0 Å². The van der Waals surface area contributed by atoms with Gasteiger partial charge in [0.15, 0.2) is 5.78 Å². The number of hydrogen-bond acceptors (Lipinski definition) is 4. The summed E-state index contributed by atoms with van der Waals surface area (Å²) in [5.41, 5.74) is 5.64. The van der Waals surface area contributed by atoms with Crippen molar-refractivity contribution in [1.29, 1.82) is 0 Å². The van der Waals surface area contributed by atoms with E-state index >= 15 is 0 Å². The predicted octanol–water partition coefficient (Wildman–Crippen LogP) is 1.93. The number of halogens is 3. The Morgan fingerprint density at radius 1 is 1.33 bits per heavy atom. The molecule has 0 aliphatic rings. The SMILES string of the molecule is CSCC[C@H](N)C(=O)C(C)C.O=C(O)C(F)(F)F. The summed E-state index contributed by atoms with van der Waals surface area (Å²) in [6.07, 6.45) is -2.26. The monoisotopic (exact) mass is 289 g/mol. The minimum atomic E-state index is -5.08. The van der Waals surface area contributed by atoms with Gasteiger partial charge in [-0.1, -0.05) is 13.8 Å². The summed E-state index contributed by atoms with van der Waals surface area (Å²) in [4.78, 5) is 20.1. The Labute approximate surface area is 108 Å². The van der Waals surface area contributed by atoms with Gasteiger partial charge in [-0.2, -0.15) is 24.9 Å². The van der Waals surface area contributed by atoms with Crippen LogP contribution in [0.1, 0.15) is 20.3 Å². The van der Waals surface area contributed by atoms with E-state index in [-0.39, 0.29) is 17.7 Å². The van der Waals surface area contributed by atoms with Crippen molar-refractivity contribution in [1.82, 2.24) is 0 Å². The maximum atomic E-state index is 11.2. The second-order valence-electron chi connectivity index (χ2n) is 3.75. The van der Waals surface area contributed by atoms with Gasteiger partial charge in [-0.05, 0) is 18.4 Å². The van der Waals surface area contributed by atoms with E-state index in [0.29, 0.717) is 0 Å². The van der Waals surface area contributed by atoms with Crippen LogP contribution in [-0.2, 0) is 9.59 Å². The van der Waals surface area contributed by atoms with Gasteiger partial charge in [-0.25, -0.2) is 4.79 Å².